The van der Waals surface area contributed by atoms with Crippen LogP contribution in [0.25, 0.3) is 0 Å². The predicted molar refractivity (Wildman–Crippen MR) is 44.4 cm³/mol. The molecule has 3 heterocycles. The van der Waals surface area contributed by atoms with Gasteiger partial charge in [0.05, 0.1) is 5.92 Å². The average Bonchev–Trinajstić information content (AvgIpc) is 2.51. The lowest BCUT2D eigenvalue weighted by molar-refractivity contribution is -0.269. The summed E-state index contributed by atoms with van der Waals surface area (Å²) < 4.78 is 0. The van der Waals surface area contributed by atoms with Crippen molar-refractivity contribution in [2.45, 2.75) is 38.7 Å². The second kappa shape index (κ2) is 2.54. The number of fused-ring (bicyclic) bond motifs is 1. The highest BCUT2D eigenvalue weighted by Gasteiger charge is 2.70. The molecular formula is C9H13NO3. The van der Waals surface area contributed by atoms with Crippen molar-refractivity contribution in [3.63, 3.8) is 0 Å². The van der Waals surface area contributed by atoms with E-state index in [1.165, 1.54) is 0 Å². The molecule has 3 aliphatic heterocycles. The Hall–Kier alpha value is -0.900. The van der Waals surface area contributed by atoms with Crippen LogP contribution >= 0.6 is 0 Å². The van der Waals surface area contributed by atoms with E-state index in [1.807, 2.05) is 13.8 Å². The first kappa shape index (κ1) is 8.69. The first-order valence-corrected chi connectivity index (χ1v) is 4.75. The zero-order chi connectivity index (χ0) is 9.64. The third-order valence-corrected chi connectivity index (χ3v) is 2.96. The van der Waals surface area contributed by atoms with Crippen molar-refractivity contribution in [3.8, 4) is 0 Å². The Morgan fingerprint density at radius 2 is 2.15 bits per heavy atom. The van der Waals surface area contributed by atoms with Gasteiger partial charge in [-0.2, -0.15) is 0 Å². The molecule has 0 aromatic rings. The van der Waals surface area contributed by atoms with E-state index in [-0.39, 0.29) is 17.7 Å². The van der Waals surface area contributed by atoms with Crippen LogP contribution in [0.4, 0.5) is 0 Å². The fourth-order valence-corrected chi connectivity index (χ4v) is 2.18. The zero-order valence-electron chi connectivity index (χ0n) is 7.87. The number of carbonyl (C=O) groups excluding carboxylic acids is 2. The largest absolute Gasteiger partial charge is 0.289 e. The Kier molecular flexibility index (Phi) is 1.70. The van der Waals surface area contributed by atoms with Crippen LogP contribution in [0.1, 0.15) is 33.1 Å². The normalized spacial score (nSPS) is 36.8. The van der Waals surface area contributed by atoms with Crippen LogP contribution in [-0.4, -0.2) is 22.5 Å². The van der Waals surface area contributed by atoms with Gasteiger partial charge in [0.25, 0.3) is 11.8 Å². The molecule has 2 atom stereocenters. The third kappa shape index (κ3) is 0.790. The number of hydrogen-bond acceptors (Lipinski definition) is 3. The van der Waals surface area contributed by atoms with Gasteiger partial charge in [-0.3, -0.25) is 9.59 Å². The first-order valence-electron chi connectivity index (χ1n) is 4.75. The van der Waals surface area contributed by atoms with E-state index < -0.39 is 5.60 Å². The minimum absolute atomic E-state index is 0.140. The summed E-state index contributed by atoms with van der Waals surface area (Å²) in [6.07, 6.45) is 2.25. The van der Waals surface area contributed by atoms with Gasteiger partial charge in [0, 0.05) is 0 Å². The molecule has 2 bridgehead atoms. The monoisotopic (exact) mass is 183 g/mol. The Bertz CT molecular complexity index is 276. The molecule has 0 spiro atoms. The van der Waals surface area contributed by atoms with E-state index >= 15 is 0 Å². The van der Waals surface area contributed by atoms with Crippen molar-refractivity contribution in [1.82, 2.24) is 5.06 Å². The summed E-state index contributed by atoms with van der Waals surface area (Å²) in [4.78, 5) is 28.2. The molecule has 3 rings (SSSR count). The van der Waals surface area contributed by atoms with Gasteiger partial charge in [-0.25, -0.2) is 4.84 Å². The van der Waals surface area contributed by atoms with Gasteiger partial charge in [0.1, 0.15) is 0 Å². The quantitative estimate of drug-likeness (QED) is 0.610. The van der Waals surface area contributed by atoms with E-state index in [4.69, 9.17) is 4.84 Å². The number of nitrogens with zero attached hydrogens (tertiary/aromatic N) is 1. The second-order valence-corrected chi connectivity index (χ2v) is 3.61. The number of rotatable bonds is 3. The lowest BCUT2D eigenvalue weighted by Gasteiger charge is -2.36. The highest BCUT2D eigenvalue weighted by atomic mass is 16.8. The molecule has 0 saturated carbocycles. The maximum atomic E-state index is 11.5. The fraction of sp³-hybridized carbons (Fsp3) is 0.778. The molecule has 3 saturated heterocycles. The summed E-state index contributed by atoms with van der Waals surface area (Å²) in [5.74, 6) is -0.512. The van der Waals surface area contributed by atoms with Gasteiger partial charge >= 0.3 is 0 Å². The van der Waals surface area contributed by atoms with Gasteiger partial charge in [-0.05, 0) is 12.8 Å². The van der Waals surface area contributed by atoms with Crippen molar-refractivity contribution in [2.75, 3.05) is 0 Å². The first-order chi connectivity index (χ1) is 6.17. The van der Waals surface area contributed by atoms with Crippen LogP contribution in [0.3, 0.4) is 0 Å². The van der Waals surface area contributed by atoms with Crippen LogP contribution in [0.15, 0.2) is 0 Å². The summed E-state index contributed by atoms with van der Waals surface area (Å²) in [6.45, 7) is 3.89. The molecule has 72 valence electrons. The van der Waals surface area contributed by atoms with Crippen LogP contribution in [0.2, 0.25) is 0 Å². The molecule has 0 radical (unpaired) electrons. The Morgan fingerprint density at radius 3 is 2.62 bits per heavy atom. The summed E-state index contributed by atoms with van der Waals surface area (Å²) >= 11 is 0. The van der Waals surface area contributed by atoms with Gasteiger partial charge < -0.3 is 0 Å². The molecule has 3 fully saturated rings. The number of imide groups is 1. The van der Waals surface area contributed by atoms with E-state index in [0.29, 0.717) is 6.42 Å². The van der Waals surface area contributed by atoms with Crippen LogP contribution in [-0.2, 0) is 14.4 Å². The number of hydrogen-bond donors (Lipinski definition) is 0. The van der Waals surface area contributed by atoms with Crippen LogP contribution in [0.5, 0.6) is 0 Å². The van der Waals surface area contributed by atoms with Crippen molar-refractivity contribution in [2.24, 2.45) is 5.92 Å². The van der Waals surface area contributed by atoms with Crippen LogP contribution < -0.4 is 0 Å². The number of carbonyl (C=O) groups is 2. The lowest BCUT2D eigenvalue weighted by atomic mass is 9.84. The molecule has 4 nitrogen and oxygen atoms in total. The standard InChI is InChI=1S/C9H13NO3/c1-3-5-6-7(11)10-8(12)9(6,4-2)13-10/h6H,3-5H2,1-2H3. The molecule has 0 aliphatic carbocycles. The minimum Gasteiger partial charge on any atom is -0.272 e. The van der Waals surface area contributed by atoms with Gasteiger partial charge in [-0.15, -0.1) is 5.06 Å². The smallest absolute Gasteiger partial charge is 0.272 e. The Morgan fingerprint density at radius 1 is 1.46 bits per heavy atom. The predicted octanol–water partition coefficient (Wildman–Crippen LogP) is 0.865. The highest BCUT2D eigenvalue weighted by molar-refractivity contribution is 6.11. The second-order valence-electron chi connectivity index (χ2n) is 3.61. The molecule has 2 unspecified atom stereocenters. The summed E-state index contributed by atoms with van der Waals surface area (Å²) in [5.41, 5.74) is -0.785. The van der Waals surface area contributed by atoms with E-state index in [9.17, 15) is 9.59 Å². The molecule has 0 aromatic carbocycles. The topological polar surface area (TPSA) is 46.6 Å². The third-order valence-electron chi connectivity index (χ3n) is 2.96. The molecule has 3 aliphatic rings. The summed E-state index contributed by atoms with van der Waals surface area (Å²) in [7, 11) is 0. The lowest BCUT2D eigenvalue weighted by Crippen LogP contribution is -2.57. The molecular weight excluding hydrogens is 170 g/mol. The Labute approximate surface area is 76.8 Å². The molecule has 0 aromatic heterocycles. The molecule has 4 heteroatoms. The van der Waals surface area contributed by atoms with Crippen molar-refractivity contribution < 1.29 is 14.4 Å². The van der Waals surface area contributed by atoms with Crippen molar-refractivity contribution in [1.29, 1.82) is 0 Å². The zero-order valence-corrected chi connectivity index (χ0v) is 7.87. The number of amides is 2. The summed E-state index contributed by atoms with van der Waals surface area (Å²) in [6, 6.07) is 0. The average molecular weight is 183 g/mol. The fourth-order valence-electron chi connectivity index (χ4n) is 2.18. The summed E-state index contributed by atoms with van der Waals surface area (Å²) in [5, 5.41) is 0.920. The van der Waals surface area contributed by atoms with Gasteiger partial charge in [0.15, 0.2) is 5.60 Å². The van der Waals surface area contributed by atoms with E-state index in [1.54, 1.807) is 0 Å². The van der Waals surface area contributed by atoms with Gasteiger partial charge in [-0.1, -0.05) is 20.3 Å². The van der Waals surface area contributed by atoms with E-state index in [0.717, 1.165) is 17.9 Å². The minimum atomic E-state index is -0.785. The molecule has 13 heavy (non-hydrogen) atoms. The van der Waals surface area contributed by atoms with Gasteiger partial charge in [0.2, 0.25) is 0 Å². The Balaban J connectivity index is 2.27. The molecule has 0 N–H and O–H groups in total. The van der Waals surface area contributed by atoms with Crippen LogP contribution in [0, 0.1) is 5.92 Å². The SMILES string of the molecule is CCCC1C(=O)N2OC1(CC)C2=O. The highest BCUT2D eigenvalue weighted by Crippen LogP contribution is 2.48. The maximum absolute atomic E-state index is 11.5. The number of hydroxylamine groups is 2. The maximum Gasteiger partial charge on any atom is 0.289 e. The molecule has 2 amide bonds. The van der Waals surface area contributed by atoms with E-state index in [2.05, 4.69) is 0 Å². The van der Waals surface area contributed by atoms with Crippen molar-refractivity contribution in [3.05, 3.63) is 0 Å². The van der Waals surface area contributed by atoms with Crippen molar-refractivity contribution >= 4 is 11.8 Å².